The fourth-order valence-corrected chi connectivity index (χ4v) is 5.04. The average Bonchev–Trinajstić information content (AvgIpc) is 2.98. The lowest BCUT2D eigenvalue weighted by molar-refractivity contribution is -0.141. The zero-order valence-corrected chi connectivity index (χ0v) is 23.8. The van der Waals surface area contributed by atoms with Gasteiger partial charge in [0.1, 0.15) is 6.04 Å². The molecule has 0 saturated carbocycles. The van der Waals surface area contributed by atoms with Crippen molar-refractivity contribution in [2.75, 3.05) is 6.54 Å². The Kier molecular flexibility index (Phi) is 10.3. The zero-order chi connectivity index (χ0) is 28.3. The fraction of sp³-hybridized carbons (Fsp3) is 0.278. The maximum absolute atomic E-state index is 14.4. The molecule has 40 heavy (non-hydrogen) atoms. The molecule has 0 aliphatic rings. The SMILES string of the molecule is Cc1ccccc1CN(C(=O)CC(c1ccccc1)c1ccccc1)[C@@H](Cc1ccccc1)C(=O)NCC(C)C. The zero-order valence-electron chi connectivity index (χ0n) is 23.8. The van der Waals surface area contributed by atoms with Gasteiger partial charge in [0.2, 0.25) is 11.8 Å². The van der Waals surface area contributed by atoms with E-state index in [0.717, 1.165) is 27.8 Å². The molecule has 0 unspecified atom stereocenters. The van der Waals surface area contributed by atoms with Gasteiger partial charge in [0, 0.05) is 31.8 Å². The molecule has 4 heteroatoms. The molecular weight excluding hydrogens is 492 g/mol. The molecule has 4 aromatic carbocycles. The average molecular weight is 533 g/mol. The van der Waals surface area contributed by atoms with Crippen LogP contribution in [-0.4, -0.2) is 29.3 Å². The van der Waals surface area contributed by atoms with Gasteiger partial charge in [-0.05, 0) is 40.7 Å². The monoisotopic (exact) mass is 532 g/mol. The minimum atomic E-state index is -0.638. The Labute approximate surface area is 239 Å². The van der Waals surface area contributed by atoms with Crippen LogP contribution in [0.1, 0.15) is 54.0 Å². The smallest absolute Gasteiger partial charge is 0.243 e. The van der Waals surface area contributed by atoms with Gasteiger partial charge >= 0.3 is 0 Å². The highest BCUT2D eigenvalue weighted by Crippen LogP contribution is 2.30. The lowest BCUT2D eigenvalue weighted by Gasteiger charge is -2.33. The number of nitrogens with zero attached hydrogens (tertiary/aromatic N) is 1. The molecular formula is C36H40N2O2. The summed E-state index contributed by atoms with van der Waals surface area (Å²) in [6.45, 7) is 7.14. The van der Waals surface area contributed by atoms with Crippen molar-refractivity contribution in [2.24, 2.45) is 5.92 Å². The second-order valence-electron chi connectivity index (χ2n) is 10.9. The number of amides is 2. The fourth-order valence-electron chi connectivity index (χ4n) is 5.04. The van der Waals surface area contributed by atoms with Crippen molar-refractivity contribution in [3.8, 4) is 0 Å². The van der Waals surface area contributed by atoms with Gasteiger partial charge in [0.25, 0.3) is 0 Å². The molecule has 0 saturated heterocycles. The molecule has 1 N–H and O–H groups in total. The van der Waals surface area contributed by atoms with E-state index in [-0.39, 0.29) is 24.2 Å². The van der Waals surface area contributed by atoms with Crippen molar-refractivity contribution in [1.82, 2.24) is 10.2 Å². The van der Waals surface area contributed by atoms with Gasteiger partial charge in [0.15, 0.2) is 0 Å². The van der Waals surface area contributed by atoms with Gasteiger partial charge in [0.05, 0.1) is 0 Å². The van der Waals surface area contributed by atoms with E-state index in [9.17, 15) is 9.59 Å². The third-order valence-electron chi connectivity index (χ3n) is 7.34. The van der Waals surface area contributed by atoms with Gasteiger partial charge in [-0.3, -0.25) is 9.59 Å². The largest absolute Gasteiger partial charge is 0.354 e. The first kappa shape index (κ1) is 28.8. The van der Waals surface area contributed by atoms with Crippen molar-refractivity contribution in [1.29, 1.82) is 0 Å². The predicted octanol–water partition coefficient (Wildman–Crippen LogP) is 6.93. The minimum absolute atomic E-state index is 0.0402. The number of benzene rings is 4. The van der Waals surface area contributed by atoms with Crippen LogP contribution in [0.5, 0.6) is 0 Å². The Morgan fingerprint density at radius 2 is 1.25 bits per heavy atom. The van der Waals surface area contributed by atoms with Crippen LogP contribution in [0.4, 0.5) is 0 Å². The number of nitrogens with one attached hydrogen (secondary N) is 1. The Morgan fingerprint density at radius 1 is 0.725 bits per heavy atom. The van der Waals surface area contributed by atoms with E-state index in [0.29, 0.717) is 25.4 Å². The highest BCUT2D eigenvalue weighted by molar-refractivity contribution is 5.88. The summed E-state index contributed by atoms with van der Waals surface area (Å²) in [7, 11) is 0. The van der Waals surface area contributed by atoms with Crippen LogP contribution < -0.4 is 5.32 Å². The predicted molar refractivity (Wildman–Crippen MR) is 163 cm³/mol. The van der Waals surface area contributed by atoms with Crippen LogP contribution in [0, 0.1) is 12.8 Å². The summed E-state index contributed by atoms with van der Waals surface area (Å²) >= 11 is 0. The highest BCUT2D eigenvalue weighted by atomic mass is 16.2. The maximum Gasteiger partial charge on any atom is 0.243 e. The number of carbonyl (C=O) groups is 2. The molecule has 0 aliphatic heterocycles. The summed E-state index contributed by atoms with van der Waals surface area (Å²) in [6, 6.07) is 37.8. The summed E-state index contributed by atoms with van der Waals surface area (Å²) < 4.78 is 0. The molecule has 0 heterocycles. The number of aryl methyl sites for hydroxylation is 1. The highest BCUT2D eigenvalue weighted by Gasteiger charge is 2.32. The number of rotatable bonds is 12. The molecule has 2 amide bonds. The van der Waals surface area contributed by atoms with E-state index in [2.05, 4.69) is 56.4 Å². The molecule has 0 spiro atoms. The van der Waals surface area contributed by atoms with Gasteiger partial charge in [-0.25, -0.2) is 0 Å². The van der Waals surface area contributed by atoms with Crippen LogP contribution >= 0.6 is 0 Å². The molecule has 4 rings (SSSR count). The van der Waals surface area contributed by atoms with Crippen molar-refractivity contribution in [2.45, 2.75) is 52.1 Å². The van der Waals surface area contributed by atoms with E-state index in [1.165, 1.54) is 0 Å². The normalized spacial score (nSPS) is 11.8. The van der Waals surface area contributed by atoms with Crippen molar-refractivity contribution >= 4 is 11.8 Å². The van der Waals surface area contributed by atoms with Gasteiger partial charge in [-0.2, -0.15) is 0 Å². The summed E-state index contributed by atoms with van der Waals surface area (Å²) in [5.41, 5.74) is 5.34. The molecule has 4 nitrogen and oxygen atoms in total. The minimum Gasteiger partial charge on any atom is -0.354 e. The summed E-state index contributed by atoms with van der Waals surface area (Å²) in [5.74, 6) is 0.0322. The van der Waals surface area contributed by atoms with Crippen LogP contribution in [0.15, 0.2) is 115 Å². The van der Waals surface area contributed by atoms with Crippen molar-refractivity contribution < 1.29 is 9.59 Å². The molecule has 0 aliphatic carbocycles. The first-order valence-electron chi connectivity index (χ1n) is 14.2. The van der Waals surface area contributed by atoms with E-state index >= 15 is 0 Å². The van der Waals surface area contributed by atoms with Crippen molar-refractivity contribution in [3.05, 3.63) is 143 Å². The Morgan fingerprint density at radius 3 is 1.80 bits per heavy atom. The number of carbonyl (C=O) groups excluding carboxylic acids is 2. The maximum atomic E-state index is 14.4. The van der Waals surface area contributed by atoms with E-state index in [1.54, 1.807) is 0 Å². The van der Waals surface area contributed by atoms with Gasteiger partial charge in [-0.1, -0.05) is 129 Å². The summed E-state index contributed by atoms with van der Waals surface area (Å²) in [5, 5.41) is 3.12. The van der Waals surface area contributed by atoms with Gasteiger partial charge < -0.3 is 10.2 Å². The Balaban J connectivity index is 1.73. The van der Waals surface area contributed by atoms with Crippen LogP contribution in [0.25, 0.3) is 0 Å². The molecule has 4 aromatic rings. The quantitative estimate of drug-likeness (QED) is 0.215. The standard InChI is InChI=1S/C36H40N2O2/c1-27(2)25-37-36(40)34(23-29-16-7-4-8-17-29)38(26-32-22-14-13-15-28(32)3)35(39)24-33(30-18-9-5-10-19-30)31-20-11-6-12-21-31/h4-22,27,33-34H,23-26H2,1-3H3,(H,37,40)/t34-/m0/s1. The topological polar surface area (TPSA) is 49.4 Å². The van der Waals surface area contributed by atoms with Crippen LogP contribution in [-0.2, 0) is 22.6 Å². The van der Waals surface area contributed by atoms with E-state index in [4.69, 9.17) is 0 Å². The van der Waals surface area contributed by atoms with Crippen molar-refractivity contribution in [3.63, 3.8) is 0 Å². The van der Waals surface area contributed by atoms with E-state index < -0.39 is 6.04 Å². The molecule has 1 atom stereocenters. The van der Waals surface area contributed by atoms with Crippen LogP contribution in [0.3, 0.4) is 0 Å². The molecule has 0 fully saturated rings. The third-order valence-corrected chi connectivity index (χ3v) is 7.34. The summed E-state index contributed by atoms with van der Waals surface area (Å²) in [4.78, 5) is 30.0. The first-order valence-corrected chi connectivity index (χ1v) is 14.2. The number of hydrogen-bond acceptors (Lipinski definition) is 2. The second kappa shape index (κ2) is 14.3. The molecule has 206 valence electrons. The first-order chi connectivity index (χ1) is 19.4. The lowest BCUT2D eigenvalue weighted by Crippen LogP contribution is -2.51. The second-order valence-corrected chi connectivity index (χ2v) is 10.9. The third kappa shape index (κ3) is 7.92. The molecule has 0 bridgehead atoms. The van der Waals surface area contributed by atoms with Crippen LogP contribution in [0.2, 0.25) is 0 Å². The lowest BCUT2D eigenvalue weighted by atomic mass is 9.87. The Hall–Kier alpha value is -4.18. The van der Waals surface area contributed by atoms with E-state index in [1.807, 2.05) is 89.8 Å². The number of hydrogen-bond donors (Lipinski definition) is 1. The molecule has 0 radical (unpaired) electrons. The Bertz CT molecular complexity index is 1310. The molecule has 0 aromatic heterocycles. The summed E-state index contributed by atoms with van der Waals surface area (Å²) in [6.07, 6.45) is 0.715. The van der Waals surface area contributed by atoms with Gasteiger partial charge in [-0.15, -0.1) is 0 Å².